The van der Waals surface area contributed by atoms with Gasteiger partial charge in [0.25, 0.3) is 0 Å². The van der Waals surface area contributed by atoms with Gasteiger partial charge in [-0.2, -0.15) is 0 Å². The maximum absolute atomic E-state index is 2.63. The van der Waals surface area contributed by atoms with Crippen LogP contribution in [0.1, 0.15) is 13.8 Å². The highest BCUT2D eigenvalue weighted by molar-refractivity contribution is 8.00. The molecule has 0 bridgehead atoms. The zero-order valence-corrected chi connectivity index (χ0v) is 48.6. The molecular weight excluding hydrogens is 1060 g/mol. The second-order valence-corrected chi connectivity index (χ2v) is 23.5. The number of hydrogen-bond acceptors (Lipinski definition) is 6. The Morgan fingerprint density at radius 2 is 0.837 bits per heavy atom. The Kier molecular flexibility index (Phi) is 12.7. The van der Waals surface area contributed by atoms with Crippen LogP contribution in [0.3, 0.4) is 0 Å². The quantitative estimate of drug-likeness (QED) is 0.119. The van der Waals surface area contributed by atoms with E-state index in [9.17, 15) is 0 Å². The molecule has 0 spiro atoms. The minimum Gasteiger partial charge on any atom is -0.376 e. The summed E-state index contributed by atoms with van der Waals surface area (Å²) >= 11 is 1.91. The summed E-state index contributed by atoms with van der Waals surface area (Å²) in [6, 6.07) is 109. The molecule has 5 nitrogen and oxygen atoms in total. The molecule has 0 atom stereocenters. The molecule has 0 aliphatic carbocycles. The minimum atomic E-state index is -0.169. The molecule has 0 amide bonds. The van der Waals surface area contributed by atoms with Crippen molar-refractivity contribution in [3.8, 4) is 22.3 Å². The van der Waals surface area contributed by atoms with E-state index in [1.54, 1.807) is 0 Å². The lowest BCUT2D eigenvalue weighted by Gasteiger charge is -2.47. The van der Waals surface area contributed by atoms with Crippen molar-refractivity contribution in [3.63, 3.8) is 0 Å². The normalized spacial score (nSPS) is 13.4. The molecule has 4 aliphatic rings. The molecule has 0 unspecified atom stereocenters. The monoisotopic (exact) mass is 1120 g/mol. The van der Waals surface area contributed by atoms with E-state index < -0.39 is 0 Å². The average Bonchev–Trinajstić information content (AvgIpc) is 0.878. The highest BCUT2D eigenvalue weighted by atomic mass is 32.2. The van der Waals surface area contributed by atoms with E-state index in [1.165, 1.54) is 59.6 Å². The van der Waals surface area contributed by atoms with Gasteiger partial charge in [-0.1, -0.05) is 205 Å². The van der Waals surface area contributed by atoms with Gasteiger partial charge < -0.3 is 24.4 Å². The van der Waals surface area contributed by atoms with Crippen LogP contribution in [0, 0.1) is 0 Å². The third-order valence-electron chi connectivity index (χ3n) is 17.5. The number of nitrogens with zero attached hydrogens (tertiary/aromatic N) is 5. The van der Waals surface area contributed by atoms with Crippen LogP contribution in [0.4, 0.5) is 73.9 Å². The molecule has 12 aromatic rings. The Morgan fingerprint density at radius 3 is 1.41 bits per heavy atom. The molecule has 86 heavy (non-hydrogen) atoms. The summed E-state index contributed by atoms with van der Waals surface area (Å²) in [6.45, 7) is 4.24. The smallest absolute Gasteiger partial charge is 0.331 e. The van der Waals surface area contributed by atoms with Crippen LogP contribution in [-0.2, 0) is 0 Å². The predicted octanol–water partition coefficient (Wildman–Crippen LogP) is 18.6. The molecule has 4 aliphatic heterocycles. The molecule has 0 radical (unpaired) electrons. The fourth-order valence-electron chi connectivity index (χ4n) is 13.9. The van der Waals surface area contributed by atoms with E-state index in [2.05, 4.69) is 348 Å². The van der Waals surface area contributed by atoms with Gasteiger partial charge in [-0.05, 0) is 168 Å². The van der Waals surface area contributed by atoms with Crippen LogP contribution in [-0.4, -0.2) is 13.6 Å². The molecule has 0 saturated heterocycles. The second kappa shape index (κ2) is 21.3. The summed E-state index contributed by atoms with van der Waals surface area (Å²) in [5.41, 5.74) is 26.9. The fraction of sp³-hybridized carbons (Fsp3) is 0.0256. The van der Waals surface area contributed by atoms with Crippen LogP contribution in [0.15, 0.2) is 330 Å². The number of hydrogen-bond donors (Lipinski definition) is 0. The molecule has 0 saturated carbocycles. The van der Waals surface area contributed by atoms with Crippen molar-refractivity contribution in [1.82, 2.24) is 0 Å². The van der Waals surface area contributed by atoms with E-state index in [1.807, 2.05) is 11.8 Å². The molecule has 0 N–H and O–H groups in total. The number of fused-ring (bicyclic) bond motifs is 6. The van der Waals surface area contributed by atoms with Crippen LogP contribution >= 0.6 is 11.8 Å². The Bertz CT molecular complexity index is 4530. The van der Waals surface area contributed by atoms with Gasteiger partial charge in [0.1, 0.15) is 0 Å². The summed E-state index contributed by atoms with van der Waals surface area (Å²) in [4.78, 5) is 15.1. The van der Waals surface area contributed by atoms with Crippen molar-refractivity contribution in [2.45, 2.75) is 23.6 Å². The average molecular weight is 1120 g/mol. The first kappa shape index (κ1) is 51.3. The number of para-hydroxylation sites is 8. The van der Waals surface area contributed by atoms with Gasteiger partial charge in [0, 0.05) is 89.2 Å². The zero-order valence-electron chi connectivity index (χ0n) is 47.7. The third-order valence-corrected chi connectivity index (χ3v) is 18.6. The second-order valence-electron chi connectivity index (χ2n) is 22.4. The lowest BCUT2D eigenvalue weighted by Crippen LogP contribution is -2.62. The van der Waals surface area contributed by atoms with E-state index in [-0.39, 0.29) is 13.6 Å². The summed E-state index contributed by atoms with van der Waals surface area (Å²) in [5.74, 6) is 0. The van der Waals surface area contributed by atoms with E-state index in [0.29, 0.717) is 0 Å². The van der Waals surface area contributed by atoms with Gasteiger partial charge >= 0.3 is 6.85 Å². The lowest BCUT2D eigenvalue weighted by atomic mass is 9.32. The summed E-state index contributed by atoms with van der Waals surface area (Å²) in [5, 5.41) is 0. The molecule has 406 valence electrons. The highest BCUT2D eigenvalue weighted by Gasteiger charge is 2.48. The first-order chi connectivity index (χ1) is 42.6. The SMILES string of the molecule is C/C=C\C1=C(C)B2c3cc4c(cc3N(c3ccccc3-c3ccccc3)c3cc(N(c5ccccc5)c5ccccc5)cc(c32)N1c1ccccc1)Sc1cc(N(c2ccccc2)c2ccccc2)cc2c1B4N(c1ccccc1)c1ccccc1-2. The number of allylic oxidation sites excluding steroid dienone is 3. The minimum absolute atomic E-state index is 0.123. The predicted molar refractivity (Wildman–Crippen MR) is 367 cm³/mol. The van der Waals surface area contributed by atoms with Gasteiger partial charge in [-0.15, -0.1) is 0 Å². The van der Waals surface area contributed by atoms with E-state index in [4.69, 9.17) is 0 Å². The summed E-state index contributed by atoms with van der Waals surface area (Å²) in [6.07, 6.45) is 4.54. The van der Waals surface area contributed by atoms with E-state index in [0.717, 1.165) is 79.4 Å². The van der Waals surface area contributed by atoms with Crippen LogP contribution in [0.25, 0.3) is 22.3 Å². The zero-order chi connectivity index (χ0) is 57.2. The highest BCUT2D eigenvalue weighted by Crippen LogP contribution is 2.53. The van der Waals surface area contributed by atoms with Crippen LogP contribution in [0.2, 0.25) is 0 Å². The fourth-order valence-corrected chi connectivity index (χ4v) is 15.1. The maximum Gasteiger partial charge on any atom is 0.331 e. The summed E-state index contributed by atoms with van der Waals surface area (Å²) < 4.78 is 0. The topological polar surface area (TPSA) is 16.2 Å². The van der Waals surface area contributed by atoms with Crippen molar-refractivity contribution >= 4 is 121 Å². The van der Waals surface area contributed by atoms with Crippen molar-refractivity contribution in [3.05, 3.63) is 321 Å². The molecule has 0 fully saturated rings. The van der Waals surface area contributed by atoms with Crippen molar-refractivity contribution in [2.24, 2.45) is 0 Å². The molecule has 16 rings (SSSR count). The number of rotatable bonds is 11. The standard InChI is InChI=1S/C78H57B2N5S/c1-3-29-69-54(2)79-67-52-68-75(86-76-51-62(81(56-32-13-5-14-33-56)57-34-15-6-16-35-57)48-66-65-45-26-28-47-71(65)85(80(68)77(66)76)61-42-23-10-24-43-61)53-72(67)84(70-46-27-25-44-64(70)55-30-11-4-12-31-55)74-50-63(49-73(78(74)79)83(69)60-40-21-9-22-41-60)82(58-36-17-7-18-37-58)59-38-19-8-20-39-59/h3-53H,1-2H3/b29-3-. The first-order valence-corrected chi connectivity index (χ1v) is 30.5. The Labute approximate surface area is 508 Å². The van der Waals surface area contributed by atoms with Crippen molar-refractivity contribution < 1.29 is 0 Å². The lowest BCUT2D eigenvalue weighted by molar-refractivity contribution is 1.16. The Hall–Kier alpha value is -10.4. The van der Waals surface area contributed by atoms with Gasteiger partial charge in [0.15, 0.2) is 0 Å². The maximum atomic E-state index is 2.63. The molecule has 4 heterocycles. The van der Waals surface area contributed by atoms with Crippen LogP contribution in [0.5, 0.6) is 0 Å². The van der Waals surface area contributed by atoms with Crippen molar-refractivity contribution in [1.29, 1.82) is 0 Å². The third kappa shape index (κ3) is 8.42. The summed E-state index contributed by atoms with van der Waals surface area (Å²) in [7, 11) is 0. The van der Waals surface area contributed by atoms with Gasteiger partial charge in [-0.3, -0.25) is 0 Å². The first-order valence-electron chi connectivity index (χ1n) is 29.7. The largest absolute Gasteiger partial charge is 0.376 e. The number of benzene rings is 12. The Morgan fingerprint density at radius 1 is 0.360 bits per heavy atom. The Balaban J connectivity index is 1.02. The van der Waals surface area contributed by atoms with Crippen LogP contribution < -0.4 is 46.3 Å². The van der Waals surface area contributed by atoms with E-state index >= 15 is 0 Å². The van der Waals surface area contributed by atoms with Gasteiger partial charge in [0.05, 0.1) is 11.4 Å². The number of anilines is 13. The van der Waals surface area contributed by atoms with Gasteiger partial charge in [0.2, 0.25) is 6.71 Å². The molecule has 12 aromatic carbocycles. The van der Waals surface area contributed by atoms with Gasteiger partial charge in [-0.25, -0.2) is 0 Å². The van der Waals surface area contributed by atoms with Crippen molar-refractivity contribution in [2.75, 3.05) is 24.4 Å². The molecular formula is C78H57B2N5S. The molecule has 0 aromatic heterocycles. The molecule has 8 heteroatoms.